The van der Waals surface area contributed by atoms with Gasteiger partial charge in [0.2, 0.25) is 12.3 Å². The number of alkyl halides is 1. The molecular weight excluding hydrogens is 453 g/mol. The zero-order chi connectivity index (χ0) is 25.0. The first-order valence-corrected chi connectivity index (χ1v) is 11.8. The summed E-state index contributed by atoms with van der Waals surface area (Å²) < 4.78 is 18.7. The molecule has 2 atom stereocenters. The summed E-state index contributed by atoms with van der Waals surface area (Å²) in [6.07, 6.45) is 6.09. The lowest BCUT2D eigenvalue weighted by molar-refractivity contribution is -0.138. The van der Waals surface area contributed by atoms with Crippen molar-refractivity contribution in [1.29, 1.82) is 5.26 Å². The molecule has 0 bridgehead atoms. The molecular formula is C24H32FN7O3. The number of nitrogens with one attached hydrogen (secondary N) is 2. The van der Waals surface area contributed by atoms with E-state index in [1.165, 1.54) is 25.1 Å². The highest BCUT2D eigenvalue weighted by molar-refractivity contribution is 5.76. The minimum atomic E-state index is -1.46. The second kappa shape index (κ2) is 13.5. The number of hydrogen-bond donors (Lipinski definition) is 3. The van der Waals surface area contributed by atoms with Crippen molar-refractivity contribution in [2.45, 2.75) is 50.9 Å². The van der Waals surface area contributed by atoms with Crippen LogP contribution in [0.2, 0.25) is 0 Å². The Bertz CT molecular complexity index is 1000. The Labute approximate surface area is 204 Å². The number of fused-ring (bicyclic) bond motifs is 1. The molecule has 1 aliphatic heterocycles. The van der Waals surface area contributed by atoms with E-state index in [4.69, 9.17) is 15.0 Å². The third-order valence-electron chi connectivity index (χ3n) is 5.88. The molecule has 2 aromatic heterocycles. The van der Waals surface area contributed by atoms with Gasteiger partial charge in [-0.25, -0.2) is 24.1 Å². The Balaban J connectivity index is 1.50. The van der Waals surface area contributed by atoms with Gasteiger partial charge < -0.3 is 20.5 Å². The molecule has 10 nitrogen and oxygen atoms in total. The van der Waals surface area contributed by atoms with Crippen LogP contribution in [0.15, 0.2) is 24.5 Å². The van der Waals surface area contributed by atoms with Crippen LogP contribution in [-0.4, -0.2) is 76.6 Å². The fraction of sp³-hybridized carbons (Fsp3) is 0.542. The number of pyridine rings is 1. The van der Waals surface area contributed by atoms with Gasteiger partial charge in [0, 0.05) is 25.9 Å². The highest BCUT2D eigenvalue weighted by Crippen LogP contribution is 2.20. The van der Waals surface area contributed by atoms with Crippen molar-refractivity contribution in [3.63, 3.8) is 0 Å². The van der Waals surface area contributed by atoms with Crippen molar-refractivity contribution in [3.05, 3.63) is 41.3 Å². The summed E-state index contributed by atoms with van der Waals surface area (Å²) in [5, 5.41) is 24.6. The number of rotatable bonds is 14. The van der Waals surface area contributed by atoms with Crippen molar-refractivity contribution < 1.29 is 19.0 Å². The van der Waals surface area contributed by atoms with Gasteiger partial charge >= 0.3 is 5.97 Å². The standard InChI is InChI=1S/C24H32FN7O3/c1-35-21(25)16-32(11-3-2-6-19-8-7-18-5-4-10-27-22(18)30-19)12-9-20(23(33)34)31-24-28-14-17(13-26)15-29-24/h7-8,14-15,20-21H,2-6,9-12,16H2,1H3,(H,27,30)(H,33,34)(H,28,29,31)/t20-,21+/m0/s1. The first-order valence-electron chi connectivity index (χ1n) is 11.8. The molecule has 2 aromatic rings. The van der Waals surface area contributed by atoms with Gasteiger partial charge in [-0.2, -0.15) is 5.26 Å². The van der Waals surface area contributed by atoms with Gasteiger partial charge in [-0.3, -0.25) is 4.90 Å². The monoisotopic (exact) mass is 485 g/mol. The number of carbonyl (C=O) groups is 1. The predicted octanol–water partition coefficient (Wildman–Crippen LogP) is 2.62. The molecule has 0 fully saturated rings. The maximum atomic E-state index is 14.0. The summed E-state index contributed by atoms with van der Waals surface area (Å²) in [6.45, 7) is 1.96. The third-order valence-corrected chi connectivity index (χ3v) is 5.88. The van der Waals surface area contributed by atoms with Crippen LogP contribution >= 0.6 is 0 Å². The lowest BCUT2D eigenvalue weighted by Gasteiger charge is -2.25. The smallest absolute Gasteiger partial charge is 0.326 e. The van der Waals surface area contributed by atoms with Crippen molar-refractivity contribution >= 4 is 17.7 Å². The number of nitriles is 1. The van der Waals surface area contributed by atoms with Crippen LogP contribution in [0.25, 0.3) is 0 Å². The average molecular weight is 486 g/mol. The van der Waals surface area contributed by atoms with Crippen molar-refractivity contribution in [1.82, 2.24) is 19.9 Å². The largest absolute Gasteiger partial charge is 0.480 e. The second-order valence-electron chi connectivity index (χ2n) is 8.48. The summed E-state index contributed by atoms with van der Waals surface area (Å²) in [5.41, 5.74) is 2.57. The van der Waals surface area contributed by atoms with Crippen LogP contribution < -0.4 is 10.6 Å². The Hall–Kier alpha value is -3.36. The maximum absolute atomic E-state index is 14.0. The molecule has 11 heteroatoms. The molecule has 0 aliphatic carbocycles. The number of hydrogen-bond acceptors (Lipinski definition) is 9. The maximum Gasteiger partial charge on any atom is 0.326 e. The number of nitrogens with zero attached hydrogens (tertiary/aromatic N) is 5. The van der Waals surface area contributed by atoms with E-state index in [0.717, 1.165) is 50.2 Å². The SMILES string of the molecule is CO[C@@H](F)CN(CCCCc1ccc2c(n1)NCCC2)CC[C@H](Nc1ncc(C#N)cn1)C(=O)O. The van der Waals surface area contributed by atoms with Crippen LogP contribution in [0.3, 0.4) is 0 Å². The van der Waals surface area contributed by atoms with Gasteiger partial charge in [0.05, 0.1) is 24.5 Å². The molecule has 0 amide bonds. The van der Waals surface area contributed by atoms with Crippen molar-refractivity contribution in [2.24, 2.45) is 0 Å². The van der Waals surface area contributed by atoms with E-state index in [1.807, 2.05) is 11.0 Å². The minimum Gasteiger partial charge on any atom is -0.480 e. The van der Waals surface area contributed by atoms with E-state index in [-0.39, 0.29) is 24.5 Å². The number of carboxylic acids is 1. The van der Waals surface area contributed by atoms with Gasteiger partial charge in [-0.05, 0) is 56.7 Å². The molecule has 0 spiro atoms. The van der Waals surface area contributed by atoms with E-state index < -0.39 is 18.4 Å². The van der Waals surface area contributed by atoms with E-state index in [0.29, 0.717) is 13.1 Å². The van der Waals surface area contributed by atoms with Crippen LogP contribution in [0.1, 0.15) is 42.5 Å². The Morgan fingerprint density at radius 3 is 2.86 bits per heavy atom. The Morgan fingerprint density at radius 2 is 2.14 bits per heavy atom. The van der Waals surface area contributed by atoms with E-state index in [2.05, 4.69) is 32.7 Å². The second-order valence-corrected chi connectivity index (χ2v) is 8.48. The summed E-state index contributed by atoms with van der Waals surface area (Å²) >= 11 is 0. The third kappa shape index (κ3) is 8.42. The number of aryl methyl sites for hydroxylation is 2. The first-order chi connectivity index (χ1) is 17.0. The quantitative estimate of drug-likeness (QED) is 0.343. The predicted molar refractivity (Wildman–Crippen MR) is 129 cm³/mol. The Kier molecular flexibility index (Phi) is 10.1. The Morgan fingerprint density at radius 1 is 1.34 bits per heavy atom. The van der Waals surface area contributed by atoms with Crippen LogP contribution in [0, 0.1) is 11.3 Å². The molecule has 0 unspecified atom stereocenters. The number of halogens is 1. The highest BCUT2D eigenvalue weighted by atomic mass is 19.1. The fourth-order valence-electron chi connectivity index (χ4n) is 3.91. The number of aliphatic carboxylic acids is 1. The van der Waals surface area contributed by atoms with E-state index >= 15 is 0 Å². The molecule has 3 rings (SSSR count). The number of methoxy groups -OCH3 is 1. The molecule has 0 aromatic carbocycles. The van der Waals surface area contributed by atoms with E-state index in [1.54, 1.807) is 0 Å². The number of carboxylic acid groups (broad SMARTS) is 1. The summed E-state index contributed by atoms with van der Waals surface area (Å²) in [4.78, 5) is 26.2. The van der Waals surface area contributed by atoms with Crippen LogP contribution in [0.4, 0.5) is 16.2 Å². The molecule has 3 heterocycles. The first kappa shape index (κ1) is 26.2. The molecule has 0 saturated heterocycles. The summed E-state index contributed by atoms with van der Waals surface area (Å²) in [5.74, 6) is 0.0398. The van der Waals surface area contributed by atoms with Gasteiger partial charge in [-0.15, -0.1) is 0 Å². The topological polar surface area (TPSA) is 136 Å². The molecule has 0 saturated carbocycles. The number of aromatic nitrogens is 3. The zero-order valence-corrected chi connectivity index (χ0v) is 19.9. The van der Waals surface area contributed by atoms with Crippen LogP contribution in [0.5, 0.6) is 0 Å². The number of ether oxygens (including phenoxy) is 1. The van der Waals surface area contributed by atoms with Gasteiger partial charge in [0.15, 0.2) is 0 Å². The average Bonchev–Trinajstić information content (AvgIpc) is 2.88. The van der Waals surface area contributed by atoms with Gasteiger partial charge in [-0.1, -0.05) is 6.07 Å². The highest BCUT2D eigenvalue weighted by Gasteiger charge is 2.21. The lowest BCUT2D eigenvalue weighted by Crippen LogP contribution is -2.38. The summed E-state index contributed by atoms with van der Waals surface area (Å²) in [7, 11) is 1.31. The van der Waals surface area contributed by atoms with Crippen molar-refractivity contribution in [3.8, 4) is 6.07 Å². The number of unbranched alkanes of at least 4 members (excludes halogenated alkanes) is 1. The minimum absolute atomic E-state index is 0.0528. The summed E-state index contributed by atoms with van der Waals surface area (Å²) in [6, 6.07) is 5.16. The zero-order valence-electron chi connectivity index (χ0n) is 19.9. The van der Waals surface area contributed by atoms with Crippen molar-refractivity contribution in [2.75, 3.05) is 43.9 Å². The fourth-order valence-corrected chi connectivity index (χ4v) is 3.91. The molecule has 1 aliphatic rings. The molecule has 35 heavy (non-hydrogen) atoms. The van der Waals surface area contributed by atoms with Gasteiger partial charge in [0.25, 0.3) is 0 Å². The van der Waals surface area contributed by atoms with Gasteiger partial charge in [0.1, 0.15) is 17.9 Å². The van der Waals surface area contributed by atoms with E-state index in [9.17, 15) is 14.3 Å². The molecule has 0 radical (unpaired) electrons. The van der Waals surface area contributed by atoms with Crippen LogP contribution in [-0.2, 0) is 22.4 Å². The molecule has 188 valence electrons. The lowest BCUT2D eigenvalue weighted by atomic mass is 10.1. The number of anilines is 2. The molecule has 3 N–H and O–H groups in total. The normalized spacial score (nSPS) is 14.5.